The van der Waals surface area contributed by atoms with E-state index in [0.29, 0.717) is 44.5 Å². The van der Waals surface area contributed by atoms with E-state index in [0.717, 1.165) is 19.3 Å². The molecule has 1 amide bonds. The van der Waals surface area contributed by atoms with Gasteiger partial charge in [-0.1, -0.05) is 12.5 Å². The Morgan fingerprint density at radius 1 is 0.969 bits per heavy atom. The first-order chi connectivity index (χ1) is 14.9. The van der Waals surface area contributed by atoms with Gasteiger partial charge in [0, 0.05) is 30.7 Å². The molecule has 2 aliphatic rings. The molecule has 2 N–H and O–H groups in total. The van der Waals surface area contributed by atoms with Crippen LogP contribution in [0.5, 0.6) is 0 Å². The second-order valence-electron chi connectivity index (χ2n) is 9.76. The molecule has 32 heavy (non-hydrogen) atoms. The van der Waals surface area contributed by atoms with Crippen LogP contribution in [0.25, 0.3) is 0 Å². The van der Waals surface area contributed by atoms with E-state index in [1.165, 1.54) is 10.4 Å². The number of hydrogen-bond acceptors (Lipinski definition) is 5. The first-order valence-electron chi connectivity index (χ1n) is 11.3. The number of carbonyl (C=O) groups excluding carboxylic acids is 1. The van der Waals surface area contributed by atoms with Crippen molar-refractivity contribution in [3.63, 3.8) is 0 Å². The molecule has 3 rings (SSSR count). The SMILES string of the molecule is CC(C)(C)S(=O)(=O)NC1CCC(C(=O)Nc2cccc(S(=O)(=O)N3CCCCC3)c2)CC1. The summed E-state index contributed by atoms with van der Waals surface area (Å²) in [6.07, 6.45) is 5.12. The van der Waals surface area contributed by atoms with Crippen molar-refractivity contribution in [3.05, 3.63) is 24.3 Å². The lowest BCUT2D eigenvalue weighted by atomic mass is 9.86. The summed E-state index contributed by atoms with van der Waals surface area (Å²) >= 11 is 0. The van der Waals surface area contributed by atoms with Gasteiger partial charge in [-0.25, -0.2) is 21.6 Å². The fourth-order valence-corrected chi connectivity index (χ4v) is 6.69. The average Bonchev–Trinajstić information content (AvgIpc) is 2.74. The number of sulfonamides is 2. The summed E-state index contributed by atoms with van der Waals surface area (Å²) in [4.78, 5) is 13.0. The molecule has 0 bridgehead atoms. The van der Waals surface area contributed by atoms with Crippen LogP contribution in [0, 0.1) is 5.92 Å². The van der Waals surface area contributed by atoms with Crippen molar-refractivity contribution >= 4 is 31.6 Å². The number of anilines is 1. The van der Waals surface area contributed by atoms with E-state index in [-0.39, 0.29) is 22.8 Å². The summed E-state index contributed by atoms with van der Waals surface area (Å²) in [5.41, 5.74) is 0.462. The number of nitrogens with zero attached hydrogens (tertiary/aromatic N) is 1. The van der Waals surface area contributed by atoms with Gasteiger partial charge >= 0.3 is 0 Å². The van der Waals surface area contributed by atoms with Crippen molar-refractivity contribution in [1.29, 1.82) is 0 Å². The minimum absolute atomic E-state index is 0.158. The number of carbonyl (C=O) groups is 1. The third-order valence-corrected chi connectivity index (χ3v) is 10.4. The number of nitrogens with one attached hydrogen (secondary N) is 2. The van der Waals surface area contributed by atoms with Gasteiger partial charge in [0.05, 0.1) is 9.64 Å². The molecule has 0 unspecified atom stereocenters. The van der Waals surface area contributed by atoms with Crippen LogP contribution in [0.1, 0.15) is 65.7 Å². The van der Waals surface area contributed by atoms with Gasteiger partial charge in [0.2, 0.25) is 26.0 Å². The highest BCUT2D eigenvalue weighted by atomic mass is 32.2. The number of benzene rings is 1. The molecule has 1 aliphatic carbocycles. The van der Waals surface area contributed by atoms with Gasteiger partial charge in [0.1, 0.15) is 0 Å². The molecule has 0 spiro atoms. The van der Waals surface area contributed by atoms with Gasteiger partial charge in [0.25, 0.3) is 0 Å². The number of hydrogen-bond donors (Lipinski definition) is 2. The first kappa shape index (κ1) is 25.1. The quantitative estimate of drug-likeness (QED) is 0.643. The van der Waals surface area contributed by atoms with Crippen LogP contribution < -0.4 is 10.0 Å². The average molecular weight is 486 g/mol. The summed E-state index contributed by atoms with van der Waals surface area (Å²) in [5.74, 6) is -0.387. The molecule has 1 saturated carbocycles. The molecule has 1 aliphatic heterocycles. The lowest BCUT2D eigenvalue weighted by Crippen LogP contribution is -2.46. The molecular weight excluding hydrogens is 450 g/mol. The normalized spacial score (nSPS) is 23.6. The summed E-state index contributed by atoms with van der Waals surface area (Å²) in [7, 11) is -6.99. The smallest absolute Gasteiger partial charge is 0.243 e. The Balaban J connectivity index is 1.58. The molecule has 2 fully saturated rings. The Kier molecular flexibility index (Phi) is 7.69. The van der Waals surface area contributed by atoms with Crippen LogP contribution in [-0.4, -0.2) is 50.9 Å². The van der Waals surface area contributed by atoms with E-state index in [1.807, 2.05) is 0 Å². The van der Waals surface area contributed by atoms with Crippen molar-refractivity contribution in [2.75, 3.05) is 18.4 Å². The van der Waals surface area contributed by atoms with Crippen LogP contribution in [-0.2, 0) is 24.8 Å². The van der Waals surface area contributed by atoms with Gasteiger partial charge in [0.15, 0.2) is 0 Å². The van der Waals surface area contributed by atoms with Crippen LogP contribution >= 0.6 is 0 Å². The van der Waals surface area contributed by atoms with Gasteiger partial charge in [-0.15, -0.1) is 0 Å². The Morgan fingerprint density at radius 2 is 1.59 bits per heavy atom. The number of amides is 1. The molecule has 8 nitrogen and oxygen atoms in total. The highest BCUT2D eigenvalue weighted by Gasteiger charge is 2.34. The fourth-order valence-electron chi connectivity index (χ4n) is 4.10. The van der Waals surface area contributed by atoms with Crippen molar-refractivity contribution in [2.45, 2.75) is 81.4 Å². The molecule has 0 aromatic heterocycles. The van der Waals surface area contributed by atoms with Crippen LogP contribution in [0.15, 0.2) is 29.2 Å². The summed E-state index contributed by atoms with van der Waals surface area (Å²) in [5, 5.41) is 2.85. The molecule has 0 atom stereocenters. The second kappa shape index (κ2) is 9.79. The largest absolute Gasteiger partial charge is 0.326 e. The maximum Gasteiger partial charge on any atom is 0.243 e. The minimum atomic E-state index is -3.57. The van der Waals surface area contributed by atoms with Crippen molar-refractivity contribution in [2.24, 2.45) is 5.92 Å². The Labute approximate surface area is 192 Å². The third-order valence-electron chi connectivity index (χ3n) is 6.28. The molecule has 1 aromatic rings. The highest BCUT2D eigenvalue weighted by molar-refractivity contribution is 7.90. The van der Waals surface area contributed by atoms with E-state index in [9.17, 15) is 21.6 Å². The molecule has 10 heteroatoms. The first-order valence-corrected chi connectivity index (χ1v) is 14.3. The molecule has 1 heterocycles. The zero-order chi connectivity index (χ0) is 23.6. The standard InChI is InChI=1S/C22H35N3O5S2/c1-22(2,3)32(29,30)24-18-12-10-17(11-13-18)21(26)23-19-8-7-9-20(16-19)31(27,28)25-14-5-4-6-15-25/h7-9,16-18,24H,4-6,10-15H2,1-3H3,(H,23,26). The highest BCUT2D eigenvalue weighted by Crippen LogP contribution is 2.28. The van der Waals surface area contributed by atoms with E-state index in [1.54, 1.807) is 39.0 Å². The molecular formula is C22H35N3O5S2. The molecule has 180 valence electrons. The van der Waals surface area contributed by atoms with E-state index in [4.69, 9.17) is 0 Å². The van der Waals surface area contributed by atoms with Crippen LogP contribution in [0.3, 0.4) is 0 Å². The lowest BCUT2D eigenvalue weighted by Gasteiger charge is -2.30. The second-order valence-corrected chi connectivity index (χ2v) is 14.2. The summed E-state index contributed by atoms with van der Waals surface area (Å²) < 4.78 is 53.9. The lowest BCUT2D eigenvalue weighted by molar-refractivity contribution is -0.120. The summed E-state index contributed by atoms with van der Waals surface area (Å²) in [6.45, 7) is 6.04. The van der Waals surface area contributed by atoms with Gasteiger partial charge < -0.3 is 5.32 Å². The van der Waals surface area contributed by atoms with Crippen molar-refractivity contribution in [3.8, 4) is 0 Å². The van der Waals surface area contributed by atoms with E-state index >= 15 is 0 Å². The minimum Gasteiger partial charge on any atom is -0.326 e. The van der Waals surface area contributed by atoms with E-state index in [2.05, 4.69) is 10.0 Å². The zero-order valence-corrected chi connectivity index (χ0v) is 20.8. The van der Waals surface area contributed by atoms with Crippen LogP contribution in [0.2, 0.25) is 0 Å². The molecule has 1 saturated heterocycles. The van der Waals surface area contributed by atoms with Crippen molar-refractivity contribution in [1.82, 2.24) is 9.03 Å². The maximum absolute atomic E-state index is 12.9. The predicted molar refractivity (Wildman–Crippen MR) is 125 cm³/mol. The zero-order valence-electron chi connectivity index (χ0n) is 19.1. The topological polar surface area (TPSA) is 113 Å². The van der Waals surface area contributed by atoms with E-state index < -0.39 is 24.8 Å². The summed E-state index contributed by atoms with van der Waals surface area (Å²) in [6, 6.07) is 6.25. The van der Waals surface area contributed by atoms with Gasteiger partial charge in [-0.05, 0) is 77.5 Å². The fraction of sp³-hybridized carbons (Fsp3) is 0.682. The molecule has 0 radical (unpaired) electrons. The van der Waals surface area contributed by atoms with Gasteiger partial charge in [-0.2, -0.15) is 4.31 Å². The molecule has 1 aromatic carbocycles. The number of rotatable bonds is 6. The Morgan fingerprint density at radius 3 is 2.19 bits per heavy atom. The number of piperidine rings is 1. The predicted octanol–water partition coefficient (Wildman–Crippen LogP) is 3.08. The Bertz CT molecular complexity index is 1020. The monoisotopic (exact) mass is 485 g/mol. The maximum atomic E-state index is 12.9. The Hall–Kier alpha value is -1.49. The third kappa shape index (κ3) is 5.89. The van der Waals surface area contributed by atoms with Crippen molar-refractivity contribution < 1.29 is 21.6 Å². The van der Waals surface area contributed by atoms with Crippen LogP contribution in [0.4, 0.5) is 5.69 Å². The van der Waals surface area contributed by atoms with Gasteiger partial charge in [-0.3, -0.25) is 4.79 Å².